The quantitative estimate of drug-likeness (QED) is 0.906. The lowest BCUT2D eigenvalue weighted by atomic mass is 9.89. The predicted molar refractivity (Wildman–Crippen MR) is 71.3 cm³/mol. The van der Waals surface area contributed by atoms with Gasteiger partial charge in [-0.2, -0.15) is 0 Å². The number of nitrogens with zero attached hydrogens (tertiary/aromatic N) is 1. The molecular formula is C15H19F2NO2. The molecule has 2 rings (SSSR count). The van der Waals surface area contributed by atoms with E-state index in [1.54, 1.807) is 6.92 Å². The smallest absolute Gasteiger partial charge is 0.257 e. The van der Waals surface area contributed by atoms with Crippen LogP contribution in [0.4, 0.5) is 8.78 Å². The van der Waals surface area contributed by atoms with Gasteiger partial charge in [0.05, 0.1) is 17.7 Å². The van der Waals surface area contributed by atoms with Crippen molar-refractivity contribution in [1.29, 1.82) is 0 Å². The highest BCUT2D eigenvalue weighted by Crippen LogP contribution is 2.27. The molecule has 0 spiro atoms. The maximum atomic E-state index is 13.7. The van der Waals surface area contributed by atoms with Crippen LogP contribution in [0.5, 0.6) is 0 Å². The molecule has 1 amide bonds. The van der Waals surface area contributed by atoms with E-state index in [-0.39, 0.29) is 11.6 Å². The van der Waals surface area contributed by atoms with Crippen molar-refractivity contribution in [2.24, 2.45) is 5.92 Å². The monoisotopic (exact) mass is 283 g/mol. The fourth-order valence-electron chi connectivity index (χ4n) is 2.72. The topological polar surface area (TPSA) is 40.5 Å². The minimum absolute atomic E-state index is 0.273. The van der Waals surface area contributed by atoms with Crippen molar-refractivity contribution in [3.63, 3.8) is 0 Å². The van der Waals surface area contributed by atoms with E-state index in [1.165, 1.54) is 17.0 Å². The summed E-state index contributed by atoms with van der Waals surface area (Å²) < 4.78 is 27.0. The molecule has 1 saturated heterocycles. The third-order valence-corrected chi connectivity index (χ3v) is 3.91. The first-order valence-corrected chi connectivity index (χ1v) is 6.85. The zero-order valence-corrected chi connectivity index (χ0v) is 11.6. The Labute approximate surface area is 117 Å². The molecule has 1 N–H and O–H groups in total. The zero-order chi connectivity index (χ0) is 14.9. The number of benzene rings is 1. The Morgan fingerprint density at radius 1 is 1.45 bits per heavy atom. The molecule has 0 aliphatic carbocycles. The molecule has 0 radical (unpaired) electrons. The van der Waals surface area contributed by atoms with Gasteiger partial charge in [-0.3, -0.25) is 4.79 Å². The molecule has 1 fully saturated rings. The van der Waals surface area contributed by atoms with E-state index < -0.39 is 23.6 Å². The van der Waals surface area contributed by atoms with Gasteiger partial charge < -0.3 is 10.0 Å². The van der Waals surface area contributed by atoms with E-state index >= 15 is 0 Å². The predicted octanol–water partition coefficient (Wildman–Crippen LogP) is 2.59. The highest BCUT2D eigenvalue weighted by molar-refractivity contribution is 5.94. The highest BCUT2D eigenvalue weighted by Gasteiger charge is 2.34. The summed E-state index contributed by atoms with van der Waals surface area (Å²) in [5.74, 6) is -2.31. The van der Waals surface area contributed by atoms with Crippen molar-refractivity contribution in [1.82, 2.24) is 4.90 Å². The normalized spacial score (nSPS) is 24.6. The number of amides is 1. The van der Waals surface area contributed by atoms with Gasteiger partial charge in [-0.1, -0.05) is 13.0 Å². The van der Waals surface area contributed by atoms with E-state index in [0.717, 1.165) is 12.5 Å². The van der Waals surface area contributed by atoms with Crippen molar-refractivity contribution < 1.29 is 18.7 Å². The zero-order valence-electron chi connectivity index (χ0n) is 11.6. The Hall–Kier alpha value is -1.49. The number of halogens is 2. The maximum Gasteiger partial charge on any atom is 0.257 e. The van der Waals surface area contributed by atoms with Crippen LogP contribution in [0.2, 0.25) is 0 Å². The van der Waals surface area contributed by atoms with E-state index in [0.29, 0.717) is 18.9 Å². The fourth-order valence-corrected chi connectivity index (χ4v) is 2.72. The number of hydrogen-bond donors (Lipinski definition) is 1. The van der Waals surface area contributed by atoms with Crippen LogP contribution in [-0.2, 0) is 0 Å². The Morgan fingerprint density at radius 3 is 2.80 bits per heavy atom. The van der Waals surface area contributed by atoms with Gasteiger partial charge in [0, 0.05) is 6.54 Å². The number of carbonyl (C=O) groups is 1. The number of rotatable bonds is 2. The van der Waals surface area contributed by atoms with E-state index in [1.807, 2.05) is 0 Å². The molecule has 1 aliphatic rings. The largest absolute Gasteiger partial charge is 0.391 e. The van der Waals surface area contributed by atoms with E-state index in [4.69, 9.17) is 0 Å². The van der Waals surface area contributed by atoms with Crippen molar-refractivity contribution in [2.45, 2.75) is 38.8 Å². The van der Waals surface area contributed by atoms with Crippen LogP contribution in [0.25, 0.3) is 0 Å². The second-order valence-corrected chi connectivity index (χ2v) is 5.54. The van der Waals surface area contributed by atoms with E-state index in [2.05, 4.69) is 6.92 Å². The van der Waals surface area contributed by atoms with Gasteiger partial charge >= 0.3 is 0 Å². The molecule has 1 heterocycles. The van der Waals surface area contributed by atoms with Gasteiger partial charge in [-0.15, -0.1) is 0 Å². The van der Waals surface area contributed by atoms with Crippen LogP contribution < -0.4 is 0 Å². The van der Waals surface area contributed by atoms with Gasteiger partial charge in [0.1, 0.15) is 0 Å². The molecule has 0 saturated carbocycles. The summed E-state index contributed by atoms with van der Waals surface area (Å²) in [7, 11) is 0. The molecule has 3 nitrogen and oxygen atoms in total. The standard InChI is InChI=1S/C15H19F2NO2/c1-9-6-7-18(13(8-9)10(2)19)15(20)11-4-3-5-12(16)14(11)17/h3-5,9-10,13,19H,6-8H2,1-2H3/t9-,10-,13-/m1/s1. The van der Waals surface area contributed by atoms with Crippen LogP contribution in [0.15, 0.2) is 18.2 Å². The Kier molecular flexibility index (Phi) is 4.38. The molecule has 1 aromatic rings. The lowest BCUT2D eigenvalue weighted by Crippen LogP contribution is -2.50. The first-order chi connectivity index (χ1) is 9.41. The molecule has 3 atom stereocenters. The fraction of sp³-hybridized carbons (Fsp3) is 0.533. The summed E-state index contributed by atoms with van der Waals surface area (Å²) in [6.07, 6.45) is 0.769. The van der Waals surface area contributed by atoms with Crippen molar-refractivity contribution >= 4 is 5.91 Å². The van der Waals surface area contributed by atoms with Crippen molar-refractivity contribution in [3.05, 3.63) is 35.4 Å². The number of carbonyl (C=O) groups excluding carboxylic acids is 1. The Balaban J connectivity index is 2.29. The molecule has 0 unspecified atom stereocenters. The molecule has 0 aromatic heterocycles. The van der Waals surface area contributed by atoms with Gasteiger partial charge in [0.25, 0.3) is 5.91 Å². The average Bonchev–Trinajstić information content (AvgIpc) is 2.41. The first-order valence-electron chi connectivity index (χ1n) is 6.85. The molecule has 0 bridgehead atoms. The lowest BCUT2D eigenvalue weighted by molar-refractivity contribution is 0.0183. The van der Waals surface area contributed by atoms with Gasteiger partial charge in [-0.25, -0.2) is 8.78 Å². The van der Waals surface area contributed by atoms with Crippen LogP contribution in [-0.4, -0.2) is 34.6 Å². The van der Waals surface area contributed by atoms with Crippen LogP contribution in [0, 0.1) is 17.6 Å². The minimum Gasteiger partial charge on any atom is -0.391 e. The number of likely N-dealkylation sites (tertiary alicyclic amines) is 1. The summed E-state index contributed by atoms with van der Waals surface area (Å²) in [5.41, 5.74) is -0.273. The third-order valence-electron chi connectivity index (χ3n) is 3.91. The summed E-state index contributed by atoms with van der Waals surface area (Å²) >= 11 is 0. The van der Waals surface area contributed by atoms with Crippen molar-refractivity contribution in [3.8, 4) is 0 Å². The van der Waals surface area contributed by atoms with Crippen LogP contribution in [0.3, 0.4) is 0 Å². The summed E-state index contributed by atoms with van der Waals surface area (Å²) in [6.45, 7) is 4.12. The molecule has 20 heavy (non-hydrogen) atoms. The molecule has 5 heteroatoms. The summed E-state index contributed by atoms with van der Waals surface area (Å²) in [6, 6.07) is 3.22. The van der Waals surface area contributed by atoms with E-state index in [9.17, 15) is 18.7 Å². The lowest BCUT2D eigenvalue weighted by Gasteiger charge is -2.40. The SMILES string of the molecule is C[C@@H]1CCN(C(=O)c2cccc(F)c2F)[C@@H]([C@@H](C)O)C1. The van der Waals surface area contributed by atoms with Gasteiger partial charge in [0.15, 0.2) is 11.6 Å². The van der Waals surface area contributed by atoms with Crippen molar-refractivity contribution in [2.75, 3.05) is 6.54 Å². The molecule has 1 aliphatic heterocycles. The van der Waals surface area contributed by atoms with Gasteiger partial charge in [-0.05, 0) is 37.8 Å². The summed E-state index contributed by atoms with van der Waals surface area (Å²) in [4.78, 5) is 13.9. The highest BCUT2D eigenvalue weighted by atomic mass is 19.2. The Bertz CT molecular complexity index is 505. The van der Waals surface area contributed by atoms with Crippen LogP contribution >= 0.6 is 0 Å². The maximum absolute atomic E-state index is 13.7. The number of hydrogen-bond acceptors (Lipinski definition) is 2. The molecule has 1 aromatic carbocycles. The second kappa shape index (κ2) is 5.87. The number of piperidine rings is 1. The second-order valence-electron chi connectivity index (χ2n) is 5.54. The first kappa shape index (κ1) is 14.9. The van der Waals surface area contributed by atoms with Crippen LogP contribution in [0.1, 0.15) is 37.0 Å². The minimum atomic E-state index is -1.12. The molecular weight excluding hydrogens is 264 g/mol. The number of aliphatic hydroxyl groups is 1. The number of aliphatic hydroxyl groups excluding tert-OH is 1. The average molecular weight is 283 g/mol. The summed E-state index contributed by atoms with van der Waals surface area (Å²) in [5, 5.41) is 9.82. The third kappa shape index (κ3) is 2.82. The molecule has 110 valence electrons. The Morgan fingerprint density at radius 2 is 2.15 bits per heavy atom. The van der Waals surface area contributed by atoms with Gasteiger partial charge in [0.2, 0.25) is 0 Å².